The second kappa shape index (κ2) is 15.6. The van der Waals surface area contributed by atoms with Crippen molar-refractivity contribution in [2.75, 3.05) is 67.5 Å². The van der Waals surface area contributed by atoms with Crippen molar-refractivity contribution in [2.45, 2.75) is 61.8 Å². The summed E-state index contributed by atoms with van der Waals surface area (Å²) in [5, 5.41) is 11.1. The Hall–Kier alpha value is -4.38. The number of likely N-dealkylation sites (tertiary alicyclic amines) is 1. The number of nitrogens with one attached hydrogen (secondary N) is 2. The fourth-order valence-electron chi connectivity index (χ4n) is 8.52. The number of imide groups is 1. The Balaban J connectivity index is 0.820. The van der Waals surface area contributed by atoms with Gasteiger partial charge in [-0.2, -0.15) is 9.40 Å². The quantitative estimate of drug-likeness (QED) is 0.238. The number of benzene rings is 2. The summed E-state index contributed by atoms with van der Waals surface area (Å²) in [5.74, 6) is 0.860. The first kappa shape index (κ1) is 37.5. The Morgan fingerprint density at radius 1 is 0.927 bits per heavy atom. The molecule has 17 heteroatoms. The molecule has 14 nitrogen and oxygen atoms in total. The van der Waals surface area contributed by atoms with E-state index in [-0.39, 0.29) is 36.6 Å². The summed E-state index contributed by atoms with van der Waals surface area (Å²) in [6.45, 7) is 5.55. The van der Waals surface area contributed by atoms with E-state index in [0.29, 0.717) is 64.5 Å². The van der Waals surface area contributed by atoms with Gasteiger partial charge < -0.3 is 15.1 Å². The van der Waals surface area contributed by atoms with Crippen LogP contribution < -0.4 is 20.4 Å². The summed E-state index contributed by atoms with van der Waals surface area (Å²) in [7, 11) is -1.85. The largest absolute Gasteiger partial charge is 0.371 e. The first-order valence-electron chi connectivity index (χ1n) is 19.1. The van der Waals surface area contributed by atoms with E-state index in [1.807, 2.05) is 24.3 Å². The van der Waals surface area contributed by atoms with Crippen LogP contribution >= 0.6 is 11.6 Å². The number of fused-ring (bicyclic) bond motifs is 1. The van der Waals surface area contributed by atoms with Gasteiger partial charge in [0.05, 0.1) is 27.8 Å². The van der Waals surface area contributed by atoms with Crippen LogP contribution in [0.1, 0.15) is 56.4 Å². The lowest BCUT2D eigenvalue weighted by atomic mass is 9.87. The zero-order valence-corrected chi connectivity index (χ0v) is 32.4. The maximum atomic E-state index is 15.7. The number of piperidine rings is 3. The van der Waals surface area contributed by atoms with Crippen molar-refractivity contribution in [2.24, 2.45) is 13.0 Å². The van der Waals surface area contributed by atoms with Crippen LogP contribution in [0.5, 0.6) is 0 Å². The lowest BCUT2D eigenvalue weighted by Crippen LogP contribution is -2.49. The van der Waals surface area contributed by atoms with E-state index >= 15 is 4.39 Å². The zero-order chi connectivity index (χ0) is 38.3. The van der Waals surface area contributed by atoms with E-state index in [4.69, 9.17) is 11.6 Å². The molecule has 2 aromatic heterocycles. The highest BCUT2D eigenvalue weighted by Gasteiger charge is 2.33. The molecule has 0 bridgehead atoms. The fourth-order valence-corrected chi connectivity index (χ4v) is 10.1. The Morgan fingerprint density at radius 2 is 1.65 bits per heavy atom. The van der Waals surface area contributed by atoms with Crippen molar-refractivity contribution in [3.63, 3.8) is 0 Å². The minimum atomic E-state index is -3.63. The molecule has 8 rings (SSSR count). The number of hydrogen-bond donors (Lipinski definition) is 2. The van der Waals surface area contributed by atoms with Gasteiger partial charge in [-0.25, -0.2) is 27.6 Å². The second-order valence-electron chi connectivity index (χ2n) is 15.1. The predicted molar refractivity (Wildman–Crippen MR) is 208 cm³/mol. The molecule has 2 N–H and O–H groups in total. The molecule has 6 heterocycles. The van der Waals surface area contributed by atoms with Gasteiger partial charge in [0.15, 0.2) is 5.82 Å². The third kappa shape index (κ3) is 8.00. The summed E-state index contributed by atoms with van der Waals surface area (Å²) in [6, 6.07) is 10.3. The molecule has 0 aliphatic carbocycles. The van der Waals surface area contributed by atoms with Crippen LogP contribution in [0.25, 0.3) is 10.9 Å². The van der Waals surface area contributed by atoms with Gasteiger partial charge in [0, 0.05) is 69.9 Å². The van der Waals surface area contributed by atoms with E-state index in [1.165, 1.54) is 23.4 Å². The summed E-state index contributed by atoms with van der Waals surface area (Å²) in [4.78, 5) is 39.0. The maximum Gasteiger partial charge on any atom is 0.329 e. The summed E-state index contributed by atoms with van der Waals surface area (Å²) < 4.78 is 46.3. The second-order valence-corrected chi connectivity index (χ2v) is 17.5. The van der Waals surface area contributed by atoms with Crippen molar-refractivity contribution in [1.82, 2.24) is 34.3 Å². The zero-order valence-electron chi connectivity index (χ0n) is 30.8. The number of amides is 3. The summed E-state index contributed by atoms with van der Waals surface area (Å²) in [5.41, 5.74) is 2.38. The van der Waals surface area contributed by atoms with Gasteiger partial charge in [-0.15, -0.1) is 0 Å². The van der Waals surface area contributed by atoms with Crippen molar-refractivity contribution < 1.29 is 22.4 Å². The number of carbonyl (C=O) groups is 2. The van der Waals surface area contributed by atoms with Gasteiger partial charge in [-0.1, -0.05) is 17.7 Å². The van der Waals surface area contributed by atoms with Crippen molar-refractivity contribution in [3.05, 3.63) is 65.2 Å². The number of aryl methyl sites for hydroxylation is 1. The molecule has 4 fully saturated rings. The highest BCUT2D eigenvalue weighted by atomic mass is 35.5. The van der Waals surface area contributed by atoms with Crippen LogP contribution in [-0.2, 0) is 21.9 Å². The highest BCUT2D eigenvalue weighted by Crippen LogP contribution is 2.36. The summed E-state index contributed by atoms with van der Waals surface area (Å²) >= 11 is 5.89. The maximum absolute atomic E-state index is 15.7. The number of sulfonamides is 1. The molecule has 4 saturated heterocycles. The molecular formula is C38H46ClFN10O4S. The summed E-state index contributed by atoms with van der Waals surface area (Å²) in [6.07, 6.45) is 8.31. The van der Waals surface area contributed by atoms with E-state index in [2.05, 4.69) is 35.5 Å². The monoisotopic (exact) mass is 792 g/mol. The van der Waals surface area contributed by atoms with Gasteiger partial charge >= 0.3 is 6.03 Å². The predicted octanol–water partition coefficient (Wildman–Crippen LogP) is 4.96. The van der Waals surface area contributed by atoms with E-state index in [0.717, 1.165) is 69.6 Å². The number of rotatable bonds is 9. The molecule has 0 saturated carbocycles. The first-order valence-corrected chi connectivity index (χ1v) is 20.9. The van der Waals surface area contributed by atoms with Gasteiger partial charge in [0.25, 0.3) is 0 Å². The molecule has 0 atom stereocenters. The van der Waals surface area contributed by atoms with E-state index < -0.39 is 16.1 Å². The molecule has 4 aliphatic rings. The van der Waals surface area contributed by atoms with Crippen molar-refractivity contribution >= 4 is 61.9 Å². The van der Waals surface area contributed by atoms with E-state index in [9.17, 15) is 18.0 Å². The number of aromatic nitrogens is 4. The highest BCUT2D eigenvalue weighted by molar-refractivity contribution is 7.89. The lowest BCUT2D eigenvalue weighted by Gasteiger charge is -2.38. The number of anilines is 3. The molecule has 0 unspecified atom stereocenters. The minimum Gasteiger partial charge on any atom is -0.371 e. The van der Waals surface area contributed by atoms with Crippen LogP contribution in [0.2, 0.25) is 5.02 Å². The van der Waals surface area contributed by atoms with Gasteiger partial charge in [0.2, 0.25) is 21.9 Å². The number of nitrogens with zero attached hydrogens (tertiary/aromatic N) is 8. The molecule has 3 amide bonds. The molecule has 0 radical (unpaired) electrons. The SMILES string of the molecule is Cn1nc(N2CCC(=O)NC2=O)c2cc(F)c(C3CCN(CC4CCN(c5cccc(S(=O)(=O)N6CCC(Nc7ncc(Cl)cn7)CC6)c5)CC4)CC3)cc21. The molecule has 4 aromatic rings. The first-order chi connectivity index (χ1) is 26.5. The Kier molecular flexibility index (Phi) is 10.7. The molecule has 55 heavy (non-hydrogen) atoms. The number of carbonyl (C=O) groups excluding carboxylic acids is 2. The third-order valence-corrected chi connectivity index (χ3v) is 13.7. The minimum absolute atomic E-state index is 0.0827. The van der Waals surface area contributed by atoms with Crippen LogP contribution in [0.15, 0.2) is 53.7 Å². The van der Waals surface area contributed by atoms with Crippen LogP contribution in [0.3, 0.4) is 0 Å². The number of halogens is 2. The number of urea groups is 1. The molecular weight excluding hydrogens is 747 g/mol. The molecule has 0 spiro atoms. The van der Waals surface area contributed by atoms with Gasteiger partial charge in [-0.3, -0.25) is 19.7 Å². The Bertz CT molecular complexity index is 2160. The average Bonchev–Trinajstić information content (AvgIpc) is 3.50. The van der Waals surface area contributed by atoms with Crippen LogP contribution in [0.4, 0.5) is 26.6 Å². The smallest absolute Gasteiger partial charge is 0.329 e. The van der Waals surface area contributed by atoms with Gasteiger partial charge in [0.1, 0.15) is 5.82 Å². The fraction of sp³-hybridized carbons (Fsp3) is 0.500. The lowest BCUT2D eigenvalue weighted by molar-refractivity contribution is -0.120. The van der Waals surface area contributed by atoms with Crippen molar-refractivity contribution in [1.29, 1.82) is 0 Å². The van der Waals surface area contributed by atoms with Crippen molar-refractivity contribution in [3.8, 4) is 0 Å². The standard InChI is InChI=1S/C38H46ClFN10O4S/c1-46-34-21-31(33(40)20-32(34)36(45-46)50-18-11-35(51)44-38(50)52)26-7-12-47(13-8-26)24-25-5-14-48(15-6-25)29-3-2-4-30(19-29)55(53,54)49-16-9-28(10-17-49)43-37-41-22-27(39)23-42-37/h2-4,19-23,25-26,28H,5-18,24H2,1H3,(H,41,42,43)(H,44,51,52). The molecule has 4 aliphatic heterocycles. The number of hydrogen-bond acceptors (Lipinski definition) is 10. The topological polar surface area (TPSA) is 149 Å². The van der Waals surface area contributed by atoms with Gasteiger partial charge in [-0.05, 0) is 99.3 Å². The average molecular weight is 793 g/mol. The third-order valence-electron chi connectivity index (χ3n) is 11.6. The molecule has 2 aromatic carbocycles. The Labute approximate surface area is 325 Å². The molecule has 292 valence electrons. The van der Waals surface area contributed by atoms with Crippen LogP contribution in [0, 0.1) is 11.7 Å². The van der Waals surface area contributed by atoms with E-state index in [1.54, 1.807) is 22.1 Å². The normalized spacial score (nSPS) is 20.3. The van der Waals surface area contributed by atoms with Crippen LogP contribution in [-0.4, -0.2) is 108 Å². The Morgan fingerprint density at radius 3 is 2.36 bits per heavy atom.